The highest BCUT2D eigenvalue weighted by molar-refractivity contribution is 5.81. The fraction of sp³-hybridized carbons (Fsp3) is 0.938. The lowest BCUT2D eigenvalue weighted by atomic mass is 10.0. The molecule has 0 aromatic heterocycles. The molecule has 2 nitrogen and oxygen atoms in total. The number of esters is 1. The topological polar surface area (TPSA) is 26.3 Å². The molecule has 0 bridgehead atoms. The Hall–Kier alpha value is -0.790. The van der Waals surface area contributed by atoms with Crippen LogP contribution >= 0.6 is 0 Å². The molecule has 50 heavy (non-hydrogen) atoms. The first-order chi connectivity index (χ1) is 24.8. The Balaban J connectivity index is 3.18. The molecule has 2 heteroatoms. The zero-order chi connectivity index (χ0) is 36.1. The van der Waals surface area contributed by atoms with E-state index >= 15 is 0 Å². The number of carbonyl (C=O) groups excluding carboxylic acids is 1. The van der Waals surface area contributed by atoms with Crippen molar-refractivity contribution in [2.75, 3.05) is 6.61 Å². The molecule has 0 fully saturated rings. The first-order valence-corrected chi connectivity index (χ1v) is 23.6. The van der Waals surface area contributed by atoms with Crippen LogP contribution in [0.5, 0.6) is 0 Å². The van der Waals surface area contributed by atoms with E-state index in [0.29, 0.717) is 6.61 Å². The Morgan fingerprint density at radius 3 is 0.800 bits per heavy atom. The summed E-state index contributed by atoms with van der Waals surface area (Å²) in [5, 5.41) is 0. The molecule has 0 saturated heterocycles. The van der Waals surface area contributed by atoms with E-state index in [-0.39, 0.29) is 5.97 Å². The molecule has 0 N–H and O–H groups in total. The summed E-state index contributed by atoms with van der Waals surface area (Å²) >= 11 is 0. The van der Waals surface area contributed by atoms with Crippen molar-refractivity contribution < 1.29 is 9.53 Å². The molecular weight excluding hydrogens is 609 g/mol. The van der Waals surface area contributed by atoms with Crippen molar-refractivity contribution in [1.82, 2.24) is 0 Å². The molecule has 0 heterocycles. The van der Waals surface area contributed by atoms with E-state index < -0.39 is 0 Å². The van der Waals surface area contributed by atoms with Gasteiger partial charge in [0.15, 0.2) is 0 Å². The summed E-state index contributed by atoms with van der Waals surface area (Å²) in [5.74, 6) is -0.148. The van der Waals surface area contributed by atoms with Gasteiger partial charge in [-0.25, -0.2) is 4.79 Å². The molecule has 0 saturated carbocycles. The molecule has 0 spiro atoms. The average molecular weight is 703 g/mol. The number of rotatable bonds is 44. The third kappa shape index (κ3) is 45.2. The highest BCUT2D eigenvalue weighted by Gasteiger charge is 1.99. The van der Waals surface area contributed by atoms with Gasteiger partial charge in [-0.3, -0.25) is 0 Å². The molecule has 0 aliphatic rings. The number of carbonyl (C=O) groups is 1. The van der Waals surface area contributed by atoms with Crippen LogP contribution in [0.3, 0.4) is 0 Å². The Labute approximate surface area is 316 Å². The van der Waals surface area contributed by atoms with Crippen LogP contribution in [0.4, 0.5) is 0 Å². The predicted molar refractivity (Wildman–Crippen MR) is 225 cm³/mol. The summed E-state index contributed by atoms with van der Waals surface area (Å²) in [4.78, 5) is 11.9. The van der Waals surface area contributed by atoms with Crippen molar-refractivity contribution in [3.05, 3.63) is 12.2 Å². The molecule has 0 amide bonds. The predicted octanol–water partition coefficient (Wildman–Crippen LogP) is 17.5. The lowest BCUT2D eigenvalue weighted by molar-refractivity contribution is -0.137. The highest BCUT2D eigenvalue weighted by atomic mass is 16.5. The molecule has 0 unspecified atom stereocenters. The van der Waals surface area contributed by atoms with Crippen molar-refractivity contribution in [2.24, 2.45) is 0 Å². The number of unbranched alkanes of at least 4 members (excludes halogenated alkanes) is 40. The smallest absolute Gasteiger partial charge is 0.330 e. The first kappa shape index (κ1) is 49.2. The van der Waals surface area contributed by atoms with Gasteiger partial charge >= 0.3 is 5.97 Å². The minimum Gasteiger partial charge on any atom is -0.463 e. The zero-order valence-corrected chi connectivity index (χ0v) is 34.9. The molecule has 0 aromatic rings. The summed E-state index contributed by atoms with van der Waals surface area (Å²) < 4.78 is 5.40. The summed E-state index contributed by atoms with van der Waals surface area (Å²) in [6.45, 7) is 5.18. The van der Waals surface area contributed by atoms with Gasteiger partial charge < -0.3 is 4.74 Å². The summed E-state index contributed by atoms with van der Waals surface area (Å²) in [7, 11) is 0. The van der Waals surface area contributed by atoms with Gasteiger partial charge in [-0.2, -0.15) is 0 Å². The van der Waals surface area contributed by atoms with Crippen LogP contribution in [0.1, 0.15) is 284 Å². The number of hydrogen-bond donors (Lipinski definition) is 0. The summed E-state index contributed by atoms with van der Waals surface area (Å²) in [6, 6.07) is 0. The van der Waals surface area contributed by atoms with E-state index in [1.165, 1.54) is 257 Å². The maximum atomic E-state index is 11.9. The molecule has 0 atom stereocenters. The van der Waals surface area contributed by atoms with Gasteiger partial charge in [0.2, 0.25) is 0 Å². The molecule has 0 aliphatic heterocycles. The lowest BCUT2D eigenvalue weighted by Crippen LogP contribution is -2.02. The minimum absolute atomic E-state index is 0.148. The standard InChI is InChI=1S/C48H94O2/c1-3-5-7-9-11-13-15-17-19-21-22-23-24-25-26-27-28-29-31-33-35-37-39-41-43-45-47-50-48(49)46-44-42-40-38-36-34-32-30-20-18-16-14-12-10-8-6-4-2/h44,46H,3-43,45,47H2,1-2H3. The van der Waals surface area contributed by atoms with Gasteiger partial charge in [0.25, 0.3) is 0 Å². The van der Waals surface area contributed by atoms with Gasteiger partial charge in [0, 0.05) is 6.08 Å². The fourth-order valence-corrected chi connectivity index (χ4v) is 7.45. The van der Waals surface area contributed by atoms with Crippen molar-refractivity contribution in [3.63, 3.8) is 0 Å². The van der Waals surface area contributed by atoms with Crippen LogP contribution < -0.4 is 0 Å². The van der Waals surface area contributed by atoms with Gasteiger partial charge in [-0.05, 0) is 19.3 Å². The van der Waals surface area contributed by atoms with Gasteiger partial charge in [-0.1, -0.05) is 270 Å². The van der Waals surface area contributed by atoms with E-state index in [9.17, 15) is 4.79 Å². The first-order valence-electron chi connectivity index (χ1n) is 23.6. The van der Waals surface area contributed by atoms with Crippen LogP contribution in [0, 0.1) is 0 Å². The van der Waals surface area contributed by atoms with Crippen LogP contribution in [0.25, 0.3) is 0 Å². The van der Waals surface area contributed by atoms with Gasteiger partial charge in [0.1, 0.15) is 0 Å². The number of hydrogen-bond acceptors (Lipinski definition) is 2. The Morgan fingerprint density at radius 2 is 0.540 bits per heavy atom. The highest BCUT2D eigenvalue weighted by Crippen LogP contribution is 2.17. The largest absolute Gasteiger partial charge is 0.463 e. The third-order valence-electron chi connectivity index (χ3n) is 11.0. The second-order valence-corrected chi connectivity index (χ2v) is 16.1. The van der Waals surface area contributed by atoms with E-state index in [1.807, 2.05) is 6.08 Å². The van der Waals surface area contributed by atoms with Crippen LogP contribution in [0.2, 0.25) is 0 Å². The normalized spacial score (nSPS) is 11.6. The Bertz CT molecular complexity index is 640. The second kappa shape index (κ2) is 46.2. The van der Waals surface area contributed by atoms with E-state index in [4.69, 9.17) is 4.74 Å². The molecule has 0 aliphatic carbocycles. The van der Waals surface area contributed by atoms with Gasteiger partial charge in [-0.15, -0.1) is 0 Å². The minimum atomic E-state index is -0.148. The average Bonchev–Trinajstić information content (AvgIpc) is 3.12. The number of ether oxygens (including phenoxy) is 1. The molecule has 298 valence electrons. The second-order valence-electron chi connectivity index (χ2n) is 16.1. The molecule has 0 aromatic carbocycles. The van der Waals surface area contributed by atoms with Crippen LogP contribution in [-0.2, 0) is 9.53 Å². The quantitative estimate of drug-likeness (QED) is 0.0359. The monoisotopic (exact) mass is 703 g/mol. The fourth-order valence-electron chi connectivity index (χ4n) is 7.45. The van der Waals surface area contributed by atoms with Gasteiger partial charge in [0.05, 0.1) is 6.61 Å². The van der Waals surface area contributed by atoms with E-state index in [1.54, 1.807) is 6.08 Å². The Kier molecular flexibility index (Phi) is 45.5. The maximum Gasteiger partial charge on any atom is 0.330 e. The van der Waals surface area contributed by atoms with Crippen molar-refractivity contribution in [2.45, 2.75) is 284 Å². The molecule has 0 radical (unpaired) electrons. The summed E-state index contributed by atoms with van der Waals surface area (Å²) in [5.41, 5.74) is 0. The van der Waals surface area contributed by atoms with E-state index in [0.717, 1.165) is 12.8 Å². The Morgan fingerprint density at radius 1 is 0.320 bits per heavy atom. The third-order valence-corrected chi connectivity index (χ3v) is 11.0. The van der Waals surface area contributed by atoms with Crippen molar-refractivity contribution in [3.8, 4) is 0 Å². The molecule has 0 rings (SSSR count). The number of allylic oxidation sites excluding steroid dienone is 1. The van der Waals surface area contributed by atoms with E-state index in [2.05, 4.69) is 13.8 Å². The van der Waals surface area contributed by atoms with Crippen molar-refractivity contribution in [1.29, 1.82) is 0 Å². The zero-order valence-electron chi connectivity index (χ0n) is 34.9. The summed E-state index contributed by atoms with van der Waals surface area (Å²) in [6.07, 6.45) is 62.3. The van der Waals surface area contributed by atoms with Crippen LogP contribution in [-0.4, -0.2) is 12.6 Å². The molecular formula is C48H94O2. The SMILES string of the molecule is CCCCCCCCCCCCCCCCCC=CC(=O)OCCCCCCCCCCCCCCCCCCCCCCCCCCCC. The lowest BCUT2D eigenvalue weighted by Gasteiger charge is -2.05. The van der Waals surface area contributed by atoms with Crippen molar-refractivity contribution >= 4 is 5.97 Å². The maximum absolute atomic E-state index is 11.9. The van der Waals surface area contributed by atoms with Crippen LogP contribution in [0.15, 0.2) is 12.2 Å².